The summed E-state index contributed by atoms with van der Waals surface area (Å²) in [4.78, 5) is 18.4. The van der Waals surface area contributed by atoms with Crippen molar-refractivity contribution in [3.63, 3.8) is 0 Å². The van der Waals surface area contributed by atoms with Gasteiger partial charge in [0.1, 0.15) is 18.1 Å². The number of ether oxygens (including phenoxy) is 2. The minimum absolute atomic E-state index is 0.0909. The van der Waals surface area contributed by atoms with Gasteiger partial charge in [0, 0.05) is 24.3 Å². The van der Waals surface area contributed by atoms with Crippen molar-refractivity contribution in [3.8, 4) is 23.0 Å². The third kappa shape index (κ3) is 3.38. The first-order valence-corrected chi connectivity index (χ1v) is 8.03. The Kier molecular flexibility index (Phi) is 4.28. The summed E-state index contributed by atoms with van der Waals surface area (Å²) in [5, 5.41) is 14.6. The molecule has 1 unspecified atom stereocenters. The van der Waals surface area contributed by atoms with Crippen LogP contribution in [0.1, 0.15) is 24.8 Å². The van der Waals surface area contributed by atoms with E-state index in [1.165, 1.54) is 12.1 Å². The number of nitro groups is 1. The van der Waals surface area contributed by atoms with E-state index in [1.807, 2.05) is 0 Å². The van der Waals surface area contributed by atoms with Crippen molar-refractivity contribution in [3.05, 3.63) is 58.6 Å². The fraction of sp³-hybridized carbons (Fsp3) is 0.235. The highest BCUT2D eigenvalue weighted by atomic mass is 16.6. The highest BCUT2D eigenvalue weighted by Gasteiger charge is 2.24. The molecule has 1 fully saturated rings. The quantitative estimate of drug-likeness (QED) is 0.503. The van der Waals surface area contributed by atoms with E-state index in [2.05, 4.69) is 15.1 Å². The van der Waals surface area contributed by atoms with Crippen molar-refractivity contribution >= 4 is 5.69 Å². The molecule has 2 aromatic heterocycles. The summed E-state index contributed by atoms with van der Waals surface area (Å²) in [7, 11) is 0. The Morgan fingerprint density at radius 1 is 1.19 bits per heavy atom. The van der Waals surface area contributed by atoms with E-state index in [1.54, 1.807) is 24.3 Å². The second kappa shape index (κ2) is 6.89. The van der Waals surface area contributed by atoms with Gasteiger partial charge in [-0.1, -0.05) is 5.16 Å². The average Bonchev–Trinajstić information content (AvgIpc) is 3.34. The molecule has 26 heavy (non-hydrogen) atoms. The Morgan fingerprint density at radius 3 is 2.69 bits per heavy atom. The summed E-state index contributed by atoms with van der Waals surface area (Å²) in [5.41, 5.74) is 0.689. The molecule has 1 aromatic carbocycles. The van der Waals surface area contributed by atoms with Gasteiger partial charge in [0.2, 0.25) is 11.7 Å². The molecule has 0 spiro atoms. The van der Waals surface area contributed by atoms with Crippen LogP contribution in [0.15, 0.2) is 47.1 Å². The molecule has 0 radical (unpaired) electrons. The smallest absolute Gasteiger partial charge is 0.287 e. The molecule has 3 heterocycles. The normalized spacial score (nSPS) is 16.5. The first-order valence-electron chi connectivity index (χ1n) is 8.03. The van der Waals surface area contributed by atoms with Crippen molar-refractivity contribution < 1.29 is 18.9 Å². The van der Waals surface area contributed by atoms with Crippen molar-refractivity contribution in [2.24, 2.45) is 0 Å². The number of rotatable bonds is 5. The summed E-state index contributed by atoms with van der Waals surface area (Å²) in [6.45, 7) is 0.713. The van der Waals surface area contributed by atoms with Crippen molar-refractivity contribution in [1.82, 2.24) is 15.1 Å². The van der Waals surface area contributed by atoms with Crippen LogP contribution in [0, 0.1) is 10.1 Å². The Balaban J connectivity index is 1.45. The molecule has 1 aliphatic rings. The predicted octanol–water partition coefficient (Wildman–Crippen LogP) is 3.68. The van der Waals surface area contributed by atoms with Crippen LogP contribution in [-0.2, 0) is 4.74 Å². The van der Waals surface area contributed by atoms with E-state index in [0.717, 1.165) is 24.6 Å². The highest BCUT2D eigenvalue weighted by molar-refractivity contribution is 5.55. The van der Waals surface area contributed by atoms with E-state index in [4.69, 9.17) is 14.0 Å². The van der Waals surface area contributed by atoms with E-state index in [-0.39, 0.29) is 17.7 Å². The van der Waals surface area contributed by atoms with E-state index >= 15 is 0 Å². The van der Waals surface area contributed by atoms with Gasteiger partial charge in [0.25, 0.3) is 11.6 Å². The van der Waals surface area contributed by atoms with Crippen LogP contribution in [0.5, 0.6) is 11.6 Å². The summed E-state index contributed by atoms with van der Waals surface area (Å²) >= 11 is 0. The lowest BCUT2D eigenvalue weighted by Crippen LogP contribution is -1.95. The van der Waals surface area contributed by atoms with Crippen LogP contribution in [-0.4, -0.2) is 26.7 Å². The molecule has 1 atom stereocenters. The molecule has 0 N–H and O–H groups in total. The standard InChI is InChI=1S/C17H14N4O5/c22-21(23)12-5-8-15(18-10-12)25-13-6-3-11(4-7-13)16-19-17(26-20-16)14-2-1-9-24-14/h3-8,10,14H,1-2,9H2. The number of hydrogen-bond donors (Lipinski definition) is 0. The molecular weight excluding hydrogens is 340 g/mol. The minimum atomic E-state index is -0.513. The predicted molar refractivity (Wildman–Crippen MR) is 88.6 cm³/mol. The van der Waals surface area contributed by atoms with Gasteiger partial charge in [-0.2, -0.15) is 4.98 Å². The number of hydrogen-bond acceptors (Lipinski definition) is 8. The zero-order valence-electron chi connectivity index (χ0n) is 13.6. The Labute approximate surface area is 147 Å². The van der Waals surface area contributed by atoms with Crippen LogP contribution >= 0.6 is 0 Å². The highest BCUT2D eigenvalue weighted by Crippen LogP contribution is 2.29. The van der Waals surface area contributed by atoms with Gasteiger partial charge in [-0.3, -0.25) is 10.1 Å². The molecule has 4 rings (SSSR count). The third-order valence-corrected chi connectivity index (χ3v) is 3.91. The fourth-order valence-electron chi connectivity index (χ4n) is 2.59. The first kappa shape index (κ1) is 16.2. The van der Waals surface area contributed by atoms with Crippen molar-refractivity contribution in [2.75, 3.05) is 6.61 Å². The molecule has 0 bridgehead atoms. The summed E-state index contributed by atoms with van der Waals surface area (Å²) in [5.74, 6) is 1.78. The lowest BCUT2D eigenvalue weighted by Gasteiger charge is -2.04. The van der Waals surface area contributed by atoms with Gasteiger partial charge in [0.15, 0.2) is 0 Å². The molecule has 0 saturated carbocycles. The number of benzene rings is 1. The van der Waals surface area contributed by atoms with E-state index in [9.17, 15) is 10.1 Å². The van der Waals surface area contributed by atoms with Gasteiger partial charge in [-0.05, 0) is 37.1 Å². The van der Waals surface area contributed by atoms with Crippen LogP contribution < -0.4 is 4.74 Å². The van der Waals surface area contributed by atoms with Crippen LogP contribution in [0.25, 0.3) is 11.4 Å². The lowest BCUT2D eigenvalue weighted by molar-refractivity contribution is -0.385. The maximum Gasteiger partial charge on any atom is 0.287 e. The summed E-state index contributed by atoms with van der Waals surface area (Å²) < 4.78 is 16.4. The van der Waals surface area contributed by atoms with E-state index < -0.39 is 4.92 Å². The maximum atomic E-state index is 10.6. The summed E-state index contributed by atoms with van der Waals surface area (Å²) in [6, 6.07) is 9.85. The van der Waals surface area contributed by atoms with Crippen molar-refractivity contribution in [1.29, 1.82) is 0 Å². The fourth-order valence-corrected chi connectivity index (χ4v) is 2.59. The molecule has 1 aliphatic heterocycles. The molecule has 1 saturated heterocycles. The molecular formula is C17H14N4O5. The zero-order chi connectivity index (χ0) is 17.9. The van der Waals surface area contributed by atoms with Crippen LogP contribution in [0.4, 0.5) is 5.69 Å². The Morgan fingerprint density at radius 2 is 2.04 bits per heavy atom. The van der Waals surface area contributed by atoms with Gasteiger partial charge in [0.05, 0.1) is 4.92 Å². The van der Waals surface area contributed by atoms with Gasteiger partial charge >= 0.3 is 0 Å². The topological polar surface area (TPSA) is 113 Å². The second-order valence-corrected chi connectivity index (χ2v) is 5.70. The van der Waals surface area contributed by atoms with Gasteiger partial charge in [-0.25, -0.2) is 4.98 Å². The number of nitrogens with zero attached hydrogens (tertiary/aromatic N) is 4. The monoisotopic (exact) mass is 354 g/mol. The SMILES string of the molecule is O=[N+]([O-])c1ccc(Oc2ccc(-c3noc(C4CCCO4)n3)cc2)nc1. The second-order valence-electron chi connectivity index (χ2n) is 5.70. The van der Waals surface area contributed by atoms with E-state index in [0.29, 0.717) is 24.1 Å². The molecule has 3 aromatic rings. The third-order valence-electron chi connectivity index (χ3n) is 3.91. The van der Waals surface area contributed by atoms with Gasteiger partial charge < -0.3 is 14.0 Å². The lowest BCUT2D eigenvalue weighted by atomic mass is 10.2. The largest absolute Gasteiger partial charge is 0.439 e. The summed E-state index contributed by atoms with van der Waals surface area (Å²) in [6.07, 6.45) is 2.91. The van der Waals surface area contributed by atoms with Crippen LogP contribution in [0.2, 0.25) is 0 Å². The molecule has 0 aliphatic carbocycles. The molecule has 0 amide bonds. The zero-order valence-corrected chi connectivity index (χ0v) is 13.6. The average molecular weight is 354 g/mol. The molecule has 9 heteroatoms. The Bertz CT molecular complexity index is 902. The number of pyridine rings is 1. The molecule has 132 valence electrons. The Hall–Kier alpha value is -3.33. The van der Waals surface area contributed by atoms with Gasteiger partial charge in [-0.15, -0.1) is 0 Å². The first-order chi connectivity index (χ1) is 12.7. The number of aromatic nitrogens is 3. The maximum absolute atomic E-state index is 10.6. The minimum Gasteiger partial charge on any atom is -0.439 e. The molecule has 9 nitrogen and oxygen atoms in total. The van der Waals surface area contributed by atoms with Crippen molar-refractivity contribution in [2.45, 2.75) is 18.9 Å². The van der Waals surface area contributed by atoms with Crippen LogP contribution in [0.3, 0.4) is 0 Å².